The van der Waals surface area contributed by atoms with E-state index in [0.717, 1.165) is 29.7 Å². The van der Waals surface area contributed by atoms with E-state index in [1.54, 1.807) is 12.0 Å². The fourth-order valence-corrected chi connectivity index (χ4v) is 5.07. The van der Waals surface area contributed by atoms with Gasteiger partial charge in [0.1, 0.15) is 6.73 Å². The zero-order valence-electron chi connectivity index (χ0n) is 19.0. The molecule has 2 amide bonds. The highest BCUT2D eigenvalue weighted by Gasteiger charge is 2.59. The normalized spacial score (nSPS) is 24.8. The zero-order valence-corrected chi connectivity index (χ0v) is 19.0. The molecule has 0 aromatic heterocycles. The van der Waals surface area contributed by atoms with Crippen LogP contribution in [0.4, 0.5) is 5.69 Å². The summed E-state index contributed by atoms with van der Waals surface area (Å²) >= 11 is 0. The Labute approximate surface area is 189 Å². The molecule has 0 saturated heterocycles. The second-order valence-electron chi connectivity index (χ2n) is 9.01. The molecule has 1 aliphatic carbocycles. The first-order valence-corrected chi connectivity index (χ1v) is 11.4. The maximum absolute atomic E-state index is 13.9. The van der Waals surface area contributed by atoms with Crippen molar-refractivity contribution in [3.8, 4) is 0 Å². The molecule has 2 aromatic carbocycles. The molecule has 1 spiro atoms. The van der Waals surface area contributed by atoms with Crippen molar-refractivity contribution >= 4 is 17.5 Å². The van der Waals surface area contributed by atoms with Crippen molar-refractivity contribution in [1.29, 1.82) is 0 Å². The lowest BCUT2D eigenvalue weighted by Crippen LogP contribution is -2.63. The second-order valence-corrected chi connectivity index (χ2v) is 9.01. The summed E-state index contributed by atoms with van der Waals surface area (Å²) in [4.78, 5) is 28.5. The van der Waals surface area contributed by atoms with E-state index in [9.17, 15) is 9.59 Å². The molecule has 170 valence electrons. The standard InChI is InChI=1S/C26H32N2O4/c1-18(2)24(29)27-23-22(32-16-19-10-5-4-6-11-19)14-9-15-26(23)20-12-7-8-13-21(20)28(17-31-3)25(26)30/h4-8,10-13,18,22-23H,9,14-17H2,1-3H3,(H,27,29)/t22-,23+,26+/m1/s1. The Kier molecular flexibility index (Phi) is 6.63. The molecular formula is C26H32N2O4. The number of carbonyl (C=O) groups excluding carboxylic acids is 2. The van der Waals surface area contributed by atoms with Gasteiger partial charge in [0.25, 0.3) is 0 Å². The van der Waals surface area contributed by atoms with Crippen molar-refractivity contribution in [2.45, 2.75) is 57.3 Å². The summed E-state index contributed by atoms with van der Waals surface area (Å²) in [5.41, 5.74) is 2.01. The van der Waals surface area contributed by atoms with Crippen molar-refractivity contribution in [3.05, 3.63) is 65.7 Å². The number of hydrogen-bond donors (Lipinski definition) is 1. The quantitative estimate of drug-likeness (QED) is 0.717. The minimum Gasteiger partial charge on any atom is -0.371 e. The maximum atomic E-state index is 13.9. The number of rotatable bonds is 7. The van der Waals surface area contributed by atoms with E-state index in [4.69, 9.17) is 9.47 Å². The van der Waals surface area contributed by atoms with Gasteiger partial charge in [0.15, 0.2) is 0 Å². The van der Waals surface area contributed by atoms with Crippen LogP contribution in [-0.4, -0.2) is 37.8 Å². The molecule has 0 unspecified atom stereocenters. The number of nitrogens with one attached hydrogen (secondary N) is 1. The summed E-state index contributed by atoms with van der Waals surface area (Å²) in [5, 5.41) is 3.22. The van der Waals surface area contributed by atoms with Gasteiger partial charge in [0, 0.05) is 13.0 Å². The van der Waals surface area contributed by atoms with Crippen LogP contribution in [0.15, 0.2) is 54.6 Å². The SMILES string of the molecule is COCN1C(=O)[C@@]2(CCC[C@@H](OCc3ccccc3)[C@@H]2NC(=O)C(C)C)c2ccccc21. The molecule has 1 fully saturated rings. The second kappa shape index (κ2) is 9.43. The Balaban J connectivity index is 1.73. The molecule has 2 aliphatic rings. The number of fused-ring (bicyclic) bond motifs is 2. The van der Waals surface area contributed by atoms with Gasteiger partial charge in [-0.05, 0) is 36.5 Å². The molecule has 1 N–H and O–H groups in total. The van der Waals surface area contributed by atoms with Gasteiger partial charge >= 0.3 is 0 Å². The zero-order chi connectivity index (χ0) is 22.7. The Morgan fingerprint density at radius 1 is 1.16 bits per heavy atom. The Bertz CT molecular complexity index is 961. The molecule has 1 heterocycles. The van der Waals surface area contributed by atoms with Crippen LogP contribution in [0, 0.1) is 5.92 Å². The van der Waals surface area contributed by atoms with Crippen molar-refractivity contribution in [3.63, 3.8) is 0 Å². The fraction of sp³-hybridized carbons (Fsp3) is 0.462. The van der Waals surface area contributed by atoms with E-state index >= 15 is 0 Å². The topological polar surface area (TPSA) is 67.9 Å². The van der Waals surface area contributed by atoms with E-state index < -0.39 is 11.5 Å². The average molecular weight is 437 g/mol. The lowest BCUT2D eigenvalue weighted by Gasteiger charge is -2.45. The van der Waals surface area contributed by atoms with E-state index in [0.29, 0.717) is 13.0 Å². The molecule has 0 bridgehead atoms. The number of carbonyl (C=O) groups is 2. The molecule has 2 aromatic rings. The first-order valence-electron chi connectivity index (χ1n) is 11.4. The third kappa shape index (κ3) is 3.93. The van der Waals surface area contributed by atoms with Crippen LogP contribution in [0.3, 0.4) is 0 Å². The van der Waals surface area contributed by atoms with Crippen molar-refractivity contribution in [2.24, 2.45) is 5.92 Å². The monoisotopic (exact) mass is 436 g/mol. The summed E-state index contributed by atoms with van der Waals surface area (Å²) in [7, 11) is 1.59. The van der Waals surface area contributed by atoms with Crippen LogP contribution < -0.4 is 10.2 Å². The summed E-state index contributed by atoms with van der Waals surface area (Å²) < 4.78 is 11.8. The highest BCUT2D eigenvalue weighted by molar-refractivity contribution is 6.09. The number of hydrogen-bond acceptors (Lipinski definition) is 4. The predicted molar refractivity (Wildman–Crippen MR) is 123 cm³/mol. The number of methoxy groups -OCH3 is 1. The number of para-hydroxylation sites is 1. The molecular weight excluding hydrogens is 404 g/mol. The van der Waals surface area contributed by atoms with Crippen LogP contribution in [0.2, 0.25) is 0 Å². The van der Waals surface area contributed by atoms with Crippen molar-refractivity contribution in [1.82, 2.24) is 5.32 Å². The van der Waals surface area contributed by atoms with E-state index in [2.05, 4.69) is 5.32 Å². The Morgan fingerprint density at radius 2 is 1.88 bits per heavy atom. The van der Waals surface area contributed by atoms with Gasteiger partial charge in [-0.1, -0.05) is 62.4 Å². The van der Waals surface area contributed by atoms with E-state index in [1.165, 1.54) is 0 Å². The van der Waals surface area contributed by atoms with Gasteiger partial charge < -0.3 is 14.8 Å². The third-order valence-electron chi connectivity index (χ3n) is 6.65. The molecule has 1 aliphatic heterocycles. The third-order valence-corrected chi connectivity index (χ3v) is 6.65. The van der Waals surface area contributed by atoms with Gasteiger partial charge in [0.2, 0.25) is 11.8 Å². The van der Waals surface area contributed by atoms with Crippen LogP contribution in [-0.2, 0) is 31.1 Å². The highest BCUT2D eigenvalue weighted by atomic mass is 16.5. The van der Waals surface area contributed by atoms with E-state index in [-0.39, 0.29) is 30.6 Å². The first kappa shape index (κ1) is 22.5. The van der Waals surface area contributed by atoms with Gasteiger partial charge in [-0.2, -0.15) is 0 Å². The van der Waals surface area contributed by atoms with Crippen molar-refractivity contribution in [2.75, 3.05) is 18.7 Å². The number of ether oxygens (including phenoxy) is 2. The molecule has 4 rings (SSSR count). The average Bonchev–Trinajstić information content (AvgIpc) is 3.03. The minimum absolute atomic E-state index is 0.0254. The first-order chi connectivity index (χ1) is 15.5. The number of benzene rings is 2. The van der Waals surface area contributed by atoms with Crippen LogP contribution in [0.25, 0.3) is 0 Å². The number of amides is 2. The Hall–Kier alpha value is -2.70. The van der Waals surface area contributed by atoms with Gasteiger partial charge in [-0.15, -0.1) is 0 Å². The van der Waals surface area contributed by atoms with Gasteiger partial charge in [-0.3, -0.25) is 14.5 Å². The summed E-state index contributed by atoms with van der Waals surface area (Å²) in [5.74, 6) is -0.284. The summed E-state index contributed by atoms with van der Waals surface area (Å²) in [6.45, 7) is 4.35. The van der Waals surface area contributed by atoms with E-state index in [1.807, 2.05) is 68.4 Å². The maximum Gasteiger partial charge on any atom is 0.241 e. The van der Waals surface area contributed by atoms with Crippen LogP contribution in [0.5, 0.6) is 0 Å². The number of nitrogens with zero attached hydrogens (tertiary/aromatic N) is 1. The lowest BCUT2D eigenvalue weighted by molar-refractivity contribution is -0.135. The highest BCUT2D eigenvalue weighted by Crippen LogP contribution is 2.50. The van der Waals surface area contributed by atoms with Crippen LogP contribution in [0.1, 0.15) is 44.2 Å². The molecule has 6 heteroatoms. The Morgan fingerprint density at radius 3 is 2.59 bits per heavy atom. The molecule has 6 nitrogen and oxygen atoms in total. The molecule has 32 heavy (non-hydrogen) atoms. The van der Waals surface area contributed by atoms with Gasteiger partial charge in [0.05, 0.1) is 29.9 Å². The molecule has 0 radical (unpaired) electrons. The van der Waals surface area contributed by atoms with Crippen LogP contribution >= 0.6 is 0 Å². The number of anilines is 1. The molecule has 3 atom stereocenters. The van der Waals surface area contributed by atoms with Crippen molar-refractivity contribution < 1.29 is 19.1 Å². The lowest BCUT2D eigenvalue weighted by atomic mass is 9.65. The van der Waals surface area contributed by atoms with Gasteiger partial charge in [-0.25, -0.2) is 0 Å². The molecule has 1 saturated carbocycles. The summed E-state index contributed by atoms with van der Waals surface area (Å²) in [6.07, 6.45) is 2.02. The minimum atomic E-state index is -0.862. The predicted octanol–water partition coefficient (Wildman–Crippen LogP) is 3.79. The largest absolute Gasteiger partial charge is 0.371 e. The smallest absolute Gasteiger partial charge is 0.241 e. The summed E-state index contributed by atoms with van der Waals surface area (Å²) in [6, 6.07) is 17.4. The fourth-order valence-electron chi connectivity index (χ4n) is 5.07.